The minimum absolute atomic E-state index is 0.113. The minimum atomic E-state index is -0.287. The molecule has 2 N–H and O–H groups in total. The lowest BCUT2D eigenvalue weighted by molar-refractivity contribution is -0.114. The van der Waals surface area contributed by atoms with E-state index in [0.717, 1.165) is 36.6 Å². The van der Waals surface area contributed by atoms with Gasteiger partial charge in [-0.2, -0.15) is 0 Å². The number of hydrogen-bond acceptors (Lipinski definition) is 7. The number of ether oxygens (including phenoxy) is 2. The first kappa shape index (κ1) is 25.5. The fourth-order valence-electron chi connectivity index (χ4n) is 4.03. The van der Waals surface area contributed by atoms with Gasteiger partial charge in [0, 0.05) is 31.0 Å². The summed E-state index contributed by atoms with van der Waals surface area (Å²) < 4.78 is 12.0. The lowest BCUT2D eigenvalue weighted by atomic mass is 10.1. The van der Waals surface area contributed by atoms with Crippen LogP contribution in [0.4, 0.5) is 10.8 Å². The average molecular weight is 509 g/mol. The van der Waals surface area contributed by atoms with Crippen LogP contribution < -0.4 is 25.0 Å². The van der Waals surface area contributed by atoms with Crippen LogP contribution in [0.2, 0.25) is 0 Å². The minimum Gasteiger partial charge on any atom is -0.491 e. The molecule has 2 aromatic carbocycles. The van der Waals surface area contributed by atoms with Crippen molar-refractivity contribution in [1.82, 2.24) is 10.3 Å². The van der Waals surface area contributed by atoms with E-state index in [1.807, 2.05) is 57.2 Å². The predicted molar refractivity (Wildman–Crippen MR) is 142 cm³/mol. The lowest BCUT2D eigenvalue weighted by Crippen LogP contribution is -2.27. The second kappa shape index (κ2) is 11.4. The molecular weight excluding hydrogens is 476 g/mol. The zero-order valence-electron chi connectivity index (χ0n) is 21.0. The Kier molecular flexibility index (Phi) is 8.10. The second-order valence-electron chi connectivity index (χ2n) is 9.12. The lowest BCUT2D eigenvalue weighted by Gasteiger charge is -2.20. The maximum atomic E-state index is 12.5. The zero-order valence-corrected chi connectivity index (χ0v) is 21.8. The fourth-order valence-corrected chi connectivity index (χ4v) is 4.77. The molecule has 0 spiro atoms. The second-order valence-corrected chi connectivity index (χ2v) is 9.98. The number of carbonyl (C=O) groups excluding carboxylic acids is 2. The van der Waals surface area contributed by atoms with Crippen molar-refractivity contribution in [1.29, 1.82) is 0 Å². The third-order valence-electron chi connectivity index (χ3n) is 5.77. The monoisotopic (exact) mass is 508 g/mol. The highest BCUT2D eigenvalue weighted by atomic mass is 32.1. The van der Waals surface area contributed by atoms with Crippen LogP contribution in [0.3, 0.4) is 0 Å². The number of benzene rings is 2. The van der Waals surface area contributed by atoms with Gasteiger partial charge in [0.25, 0.3) is 5.91 Å². The van der Waals surface area contributed by atoms with E-state index in [1.165, 1.54) is 23.9 Å². The third kappa shape index (κ3) is 6.75. The molecule has 190 valence electrons. The van der Waals surface area contributed by atoms with Gasteiger partial charge in [-0.25, -0.2) is 4.98 Å². The van der Waals surface area contributed by atoms with Gasteiger partial charge >= 0.3 is 0 Å². The molecule has 9 heteroatoms. The Labute approximate surface area is 215 Å². The molecule has 0 bridgehead atoms. The molecule has 4 rings (SSSR count). The highest BCUT2D eigenvalue weighted by Gasteiger charge is 2.24. The smallest absolute Gasteiger partial charge is 0.271 e. The molecule has 0 radical (unpaired) electrons. The summed E-state index contributed by atoms with van der Waals surface area (Å²) in [5.74, 6) is 1.19. The quantitative estimate of drug-likeness (QED) is 0.421. The molecule has 8 nitrogen and oxygen atoms in total. The standard InChI is InChI=1S/C27H32N4O4S/c1-17(2)34-22-11-7-21(8-12-22)31-14-13-24(15-31)35-23-9-5-20(6-10-23)18(3)28-26(33)25-16-36-27(30-25)29-19(4)32/h5-12,16-18,24H,13-15H2,1-4H3,(H,28,33)(H,29,30,32). The van der Waals surface area contributed by atoms with Crippen LogP contribution >= 0.6 is 11.3 Å². The number of thiazole rings is 1. The van der Waals surface area contributed by atoms with Crippen LogP contribution in [0, 0.1) is 0 Å². The van der Waals surface area contributed by atoms with Crippen molar-refractivity contribution in [2.24, 2.45) is 0 Å². The summed E-state index contributed by atoms with van der Waals surface area (Å²) in [4.78, 5) is 30.2. The summed E-state index contributed by atoms with van der Waals surface area (Å²) in [6, 6.07) is 15.8. The third-order valence-corrected chi connectivity index (χ3v) is 6.53. The van der Waals surface area contributed by atoms with Gasteiger partial charge in [0.05, 0.1) is 18.7 Å². The molecule has 0 saturated carbocycles. The Hall–Kier alpha value is -3.59. The van der Waals surface area contributed by atoms with Crippen LogP contribution in [-0.4, -0.2) is 42.1 Å². The van der Waals surface area contributed by atoms with E-state index in [1.54, 1.807) is 5.38 Å². The van der Waals surface area contributed by atoms with Gasteiger partial charge in [-0.15, -0.1) is 11.3 Å². The van der Waals surface area contributed by atoms with Gasteiger partial charge in [-0.3, -0.25) is 9.59 Å². The largest absolute Gasteiger partial charge is 0.491 e. The molecule has 2 atom stereocenters. The Bertz CT molecular complexity index is 1180. The number of rotatable bonds is 9. The van der Waals surface area contributed by atoms with Crippen molar-refractivity contribution in [3.8, 4) is 11.5 Å². The van der Waals surface area contributed by atoms with E-state index in [2.05, 4.69) is 32.7 Å². The van der Waals surface area contributed by atoms with Gasteiger partial charge in [0.15, 0.2) is 5.13 Å². The van der Waals surface area contributed by atoms with Crippen molar-refractivity contribution in [3.05, 3.63) is 65.2 Å². The first-order valence-electron chi connectivity index (χ1n) is 12.1. The first-order valence-corrected chi connectivity index (χ1v) is 13.0. The Balaban J connectivity index is 1.27. The van der Waals surface area contributed by atoms with Crippen molar-refractivity contribution in [2.75, 3.05) is 23.3 Å². The number of nitrogens with one attached hydrogen (secondary N) is 2. The van der Waals surface area contributed by atoms with Crippen molar-refractivity contribution in [2.45, 2.75) is 52.4 Å². The zero-order chi connectivity index (χ0) is 25.7. The van der Waals surface area contributed by atoms with Gasteiger partial charge in [0.1, 0.15) is 23.3 Å². The molecule has 2 amide bonds. The summed E-state index contributed by atoms with van der Waals surface area (Å²) in [5, 5.41) is 7.57. The van der Waals surface area contributed by atoms with Crippen molar-refractivity contribution in [3.63, 3.8) is 0 Å². The molecule has 1 aliphatic rings. The van der Waals surface area contributed by atoms with Gasteiger partial charge in [0.2, 0.25) is 5.91 Å². The number of carbonyl (C=O) groups is 2. The predicted octanol–water partition coefficient (Wildman–Crippen LogP) is 5.04. The summed E-state index contributed by atoms with van der Waals surface area (Å²) in [5.41, 5.74) is 2.41. The number of hydrogen-bond donors (Lipinski definition) is 2. The summed E-state index contributed by atoms with van der Waals surface area (Å²) in [6.07, 6.45) is 1.22. The fraction of sp³-hybridized carbons (Fsp3) is 0.370. The molecule has 1 aromatic heterocycles. The summed E-state index contributed by atoms with van der Waals surface area (Å²) in [7, 11) is 0. The molecule has 2 unspecified atom stereocenters. The Morgan fingerprint density at radius 2 is 1.75 bits per heavy atom. The van der Waals surface area contributed by atoms with Crippen molar-refractivity contribution < 1.29 is 19.1 Å². The molecule has 36 heavy (non-hydrogen) atoms. The van der Waals surface area contributed by atoms with E-state index in [0.29, 0.717) is 5.13 Å². The summed E-state index contributed by atoms with van der Waals surface area (Å²) in [6.45, 7) is 9.13. The van der Waals surface area contributed by atoms with E-state index >= 15 is 0 Å². The van der Waals surface area contributed by atoms with Gasteiger partial charge in [-0.05, 0) is 62.7 Å². The Morgan fingerprint density at radius 1 is 1.06 bits per heavy atom. The van der Waals surface area contributed by atoms with Crippen LogP contribution in [0.15, 0.2) is 53.9 Å². The molecule has 2 heterocycles. The number of aromatic nitrogens is 1. The van der Waals surface area contributed by atoms with Crippen LogP contribution in [0.25, 0.3) is 0 Å². The average Bonchev–Trinajstić information content (AvgIpc) is 3.49. The highest BCUT2D eigenvalue weighted by molar-refractivity contribution is 7.14. The van der Waals surface area contributed by atoms with Crippen LogP contribution in [0.1, 0.15) is 56.2 Å². The Morgan fingerprint density at radius 3 is 2.42 bits per heavy atom. The number of amides is 2. The van der Waals surface area contributed by atoms with E-state index in [9.17, 15) is 9.59 Å². The SMILES string of the molecule is CC(=O)Nc1nc(C(=O)NC(C)c2ccc(OC3CCN(c4ccc(OC(C)C)cc4)C3)cc2)cs1. The van der Waals surface area contributed by atoms with E-state index in [-0.39, 0.29) is 35.8 Å². The summed E-state index contributed by atoms with van der Waals surface area (Å²) >= 11 is 1.22. The van der Waals surface area contributed by atoms with Crippen LogP contribution in [0.5, 0.6) is 11.5 Å². The molecule has 1 aliphatic heterocycles. The van der Waals surface area contributed by atoms with E-state index < -0.39 is 0 Å². The van der Waals surface area contributed by atoms with E-state index in [4.69, 9.17) is 9.47 Å². The molecule has 1 fully saturated rings. The van der Waals surface area contributed by atoms with Gasteiger partial charge < -0.3 is 25.0 Å². The van der Waals surface area contributed by atoms with Gasteiger partial charge in [-0.1, -0.05) is 12.1 Å². The van der Waals surface area contributed by atoms with Crippen LogP contribution in [-0.2, 0) is 4.79 Å². The maximum Gasteiger partial charge on any atom is 0.271 e. The first-order chi connectivity index (χ1) is 17.3. The normalized spacial score (nSPS) is 16.0. The highest BCUT2D eigenvalue weighted by Crippen LogP contribution is 2.27. The molecular formula is C27H32N4O4S. The molecule has 0 aliphatic carbocycles. The molecule has 3 aromatic rings. The van der Waals surface area contributed by atoms with Crippen molar-refractivity contribution >= 4 is 34.0 Å². The topological polar surface area (TPSA) is 92.8 Å². The maximum absolute atomic E-state index is 12.5. The number of anilines is 2. The molecule has 1 saturated heterocycles. The number of nitrogens with zero attached hydrogens (tertiary/aromatic N) is 2.